The Kier molecular flexibility index (Phi) is 6330. The Balaban J connectivity index is -0.000000000333. The first-order valence-corrected chi connectivity index (χ1v) is 0.507. The molecule has 0 rings (SSSR count). The molecule has 0 bridgehead atoms. The van der Waals surface area contributed by atoms with Gasteiger partial charge >= 0.3 is 0 Å². The number of hydrogen-bond donors (Lipinski definition) is 1. The van der Waals surface area contributed by atoms with Gasteiger partial charge in [-0.1, -0.05) is 0 Å². The van der Waals surface area contributed by atoms with Crippen LogP contribution in [0.2, 0.25) is 0 Å². The molecule has 1 radical (unpaired) electrons. The maximum Gasteiger partial charge on any atom is 0.0579 e. The molecule has 0 spiro atoms. The van der Waals surface area contributed by atoms with Crippen molar-refractivity contribution in [2.45, 2.75) is 0 Å². The molecule has 0 aliphatic rings. The Hall–Kier alpha value is 1.05. The van der Waals surface area contributed by atoms with Gasteiger partial charge in [-0.2, -0.15) is 0 Å². The van der Waals surface area contributed by atoms with Gasteiger partial charge in [0, 0.05) is 29.6 Å². The molecule has 0 heterocycles. The summed E-state index contributed by atoms with van der Waals surface area (Å²) in [5.41, 5.74) is 0. The fourth-order valence-electron chi connectivity index (χ4n) is 0. The largest absolute Gasteiger partial charge is 0.412 e. The summed E-state index contributed by atoms with van der Waals surface area (Å²) in [6.07, 6.45) is 0. The average Bonchev–Trinajstić information content (AvgIpc) is 1.00. The smallest absolute Gasteiger partial charge is 0.0579 e. The third-order valence-electron chi connectivity index (χ3n) is 0. The molecule has 55 valence electrons. The monoisotopic (exact) mass is 165 g/mol. The van der Waals surface area contributed by atoms with Crippen molar-refractivity contribution in [1.82, 2.24) is 0 Å². The van der Waals surface area contributed by atoms with E-state index in [9.17, 15) is 0 Å². The van der Waals surface area contributed by atoms with E-state index in [0.29, 0.717) is 0 Å². The minimum atomic E-state index is 0. The van der Waals surface area contributed by atoms with Gasteiger partial charge in [0.05, 0.1) is 11.9 Å². The normalized spacial score (nSPS) is 0.750. The molecular weight excluding hydrogens is 154 g/mol. The van der Waals surface area contributed by atoms with Crippen LogP contribution in [0.25, 0.3) is 0 Å². The van der Waals surface area contributed by atoms with Crippen LogP contribution < -0.4 is 0 Å². The summed E-state index contributed by atoms with van der Waals surface area (Å²) in [5, 5.41) is 0. The van der Waals surface area contributed by atoms with Gasteiger partial charge in [0.15, 0.2) is 0 Å². The second-order valence-electron chi connectivity index (χ2n) is 0. The van der Waals surface area contributed by atoms with E-state index < -0.39 is 0 Å². The van der Waals surface area contributed by atoms with Crippen molar-refractivity contribution in [2.24, 2.45) is 0 Å². The Morgan fingerprint density at radius 2 is 0.625 bits per heavy atom. The van der Waals surface area contributed by atoms with E-state index in [1.54, 1.807) is 0 Å². The molecule has 0 fully saturated rings. The maximum absolute atomic E-state index is 6.47. The molecule has 8 heavy (non-hydrogen) atoms. The van der Waals surface area contributed by atoms with E-state index in [0.717, 1.165) is 0 Å². The van der Waals surface area contributed by atoms with Crippen LogP contribution in [0.4, 0.5) is 0 Å². The fourth-order valence-corrected chi connectivity index (χ4v) is 0. The van der Waals surface area contributed by atoms with Crippen LogP contribution in [0.1, 0.15) is 0 Å². The van der Waals surface area contributed by atoms with Crippen LogP contribution in [0, 0.1) is 0 Å². The van der Waals surface area contributed by atoms with Gasteiger partial charge in [0.1, 0.15) is 0 Å². The van der Waals surface area contributed by atoms with E-state index >= 15 is 0 Å². The minimum Gasteiger partial charge on any atom is -0.412 e. The van der Waals surface area contributed by atoms with E-state index in [2.05, 4.69) is 11.9 Å². The Morgan fingerprint density at radius 1 is 0.625 bits per heavy atom. The van der Waals surface area contributed by atoms with Crippen LogP contribution in [0.3, 0.4) is 0 Å². The Labute approximate surface area is 73.5 Å². The number of rotatable bonds is 0. The van der Waals surface area contributed by atoms with Gasteiger partial charge in [-0.25, -0.2) is 0 Å². The first-order valence-electron chi connectivity index (χ1n) is 0.169. The van der Waals surface area contributed by atoms with E-state index in [1.165, 1.54) is 0 Å². The molecule has 0 aromatic rings. The van der Waals surface area contributed by atoms with Crippen molar-refractivity contribution >= 4 is 41.4 Å². The molecule has 6 nitrogen and oxygen atoms in total. The van der Waals surface area contributed by atoms with Crippen molar-refractivity contribution in [3.05, 3.63) is 0 Å². The summed E-state index contributed by atoms with van der Waals surface area (Å²) in [7, 11) is 0. The van der Waals surface area contributed by atoms with Crippen molar-refractivity contribution in [3.8, 4) is 0 Å². The van der Waals surface area contributed by atoms with Gasteiger partial charge in [0.2, 0.25) is 0 Å². The van der Waals surface area contributed by atoms with Crippen LogP contribution >= 0.6 is 11.9 Å². The van der Waals surface area contributed by atoms with Crippen LogP contribution in [0.15, 0.2) is 0 Å². The molecule has 0 saturated heterocycles. The predicted octanol–water partition coefficient (Wildman–Crippen LogP) is -4.37. The molecule has 0 aliphatic heterocycles. The summed E-state index contributed by atoms with van der Waals surface area (Å²) in [5.74, 6) is 0. The van der Waals surface area contributed by atoms with Gasteiger partial charge in [-0.3, -0.25) is 4.66 Å². The summed E-state index contributed by atoms with van der Waals surface area (Å²) < 4.78 is 6.47. The molecular formula is H11ClNaO6. The summed E-state index contributed by atoms with van der Waals surface area (Å²) in [6.45, 7) is 0. The first kappa shape index (κ1) is 140. The van der Waals surface area contributed by atoms with Crippen LogP contribution in [0.5, 0.6) is 0 Å². The van der Waals surface area contributed by atoms with E-state index in [1.807, 2.05) is 0 Å². The topological polar surface area (TPSA) is 178 Å². The van der Waals surface area contributed by atoms with Crippen molar-refractivity contribution in [3.63, 3.8) is 0 Å². The molecule has 0 atom stereocenters. The van der Waals surface area contributed by atoms with Crippen molar-refractivity contribution in [1.29, 1.82) is 0 Å². The van der Waals surface area contributed by atoms with Gasteiger partial charge in [-0.15, -0.1) is 0 Å². The molecule has 0 amide bonds. The molecule has 0 aromatic carbocycles. The summed E-state index contributed by atoms with van der Waals surface area (Å²) in [6, 6.07) is 0. The number of hydrogen-bond acceptors (Lipinski definition) is 1. The maximum atomic E-state index is 6.47. The fraction of sp³-hybridized carbons (Fsp3) is 0. The van der Waals surface area contributed by atoms with Crippen molar-refractivity contribution < 1.29 is 32.0 Å². The Bertz CT molecular complexity index is 8.49. The van der Waals surface area contributed by atoms with E-state index in [4.69, 9.17) is 4.66 Å². The van der Waals surface area contributed by atoms with Gasteiger partial charge in [0.25, 0.3) is 0 Å². The summed E-state index contributed by atoms with van der Waals surface area (Å²) in [4.78, 5) is 0. The SMILES string of the molecule is O.O.O.O.O.OCl.[Na]. The molecule has 8 heteroatoms. The summed E-state index contributed by atoms with van der Waals surface area (Å²) >= 11 is 3.64. The molecule has 0 aliphatic carbocycles. The van der Waals surface area contributed by atoms with E-state index in [-0.39, 0.29) is 56.9 Å². The molecule has 0 saturated carbocycles. The van der Waals surface area contributed by atoms with Gasteiger partial charge < -0.3 is 27.4 Å². The molecule has 0 unspecified atom stereocenters. The van der Waals surface area contributed by atoms with Crippen LogP contribution in [-0.2, 0) is 0 Å². The predicted molar refractivity (Wildman–Crippen MR) is 31.9 cm³/mol. The van der Waals surface area contributed by atoms with Crippen molar-refractivity contribution in [2.75, 3.05) is 0 Å². The number of halogens is 1. The molecule has 11 N–H and O–H groups in total. The third kappa shape index (κ3) is 234. The second kappa shape index (κ2) is 363. The van der Waals surface area contributed by atoms with Crippen LogP contribution in [-0.4, -0.2) is 61.6 Å². The third-order valence-corrected chi connectivity index (χ3v) is 0. The second-order valence-corrected chi connectivity index (χ2v) is 0. The minimum absolute atomic E-state index is 0. The quantitative estimate of drug-likeness (QED) is 0.350. The average molecular weight is 166 g/mol. The zero-order valence-corrected chi connectivity index (χ0v) is 7.08. The zero-order chi connectivity index (χ0) is 2.00. The molecule has 0 aromatic heterocycles. The standard InChI is InChI=1S/ClHO.Na.5H2O/c1-2;;;;;;/h2H;;5*1H2. The first-order chi connectivity index (χ1) is 1.00. The Morgan fingerprint density at radius 3 is 0.625 bits per heavy atom. The van der Waals surface area contributed by atoms with Gasteiger partial charge in [-0.05, 0) is 0 Å². The zero-order valence-electron chi connectivity index (χ0n) is 4.33.